The number of esters is 1. The fourth-order valence-corrected chi connectivity index (χ4v) is 2.16. The van der Waals surface area contributed by atoms with Crippen molar-refractivity contribution in [3.63, 3.8) is 0 Å². The fourth-order valence-electron chi connectivity index (χ4n) is 2.16. The van der Waals surface area contributed by atoms with E-state index in [1.807, 2.05) is 6.92 Å². The molecule has 5 nitrogen and oxygen atoms in total. The zero-order valence-electron chi connectivity index (χ0n) is 11.6. The summed E-state index contributed by atoms with van der Waals surface area (Å²) in [6, 6.07) is 0.115. The Morgan fingerprint density at radius 3 is 2.72 bits per heavy atom. The Hall–Kier alpha value is -1.26. The van der Waals surface area contributed by atoms with Crippen LogP contribution < -0.4 is 0 Å². The third kappa shape index (κ3) is 3.62. The lowest BCUT2D eigenvalue weighted by Crippen LogP contribution is -2.40. The second kappa shape index (κ2) is 6.61. The molecule has 0 unspecified atom stereocenters. The zero-order valence-corrected chi connectivity index (χ0v) is 11.6. The van der Waals surface area contributed by atoms with Crippen molar-refractivity contribution in [2.24, 2.45) is 11.8 Å². The molecular formula is C13H23NO4. The molecule has 5 heteroatoms. The van der Waals surface area contributed by atoms with Gasteiger partial charge in [-0.1, -0.05) is 27.2 Å². The molecule has 0 aromatic carbocycles. The monoisotopic (exact) mass is 257 g/mol. The van der Waals surface area contributed by atoms with Crippen molar-refractivity contribution in [3.8, 4) is 0 Å². The molecule has 104 valence electrons. The highest BCUT2D eigenvalue weighted by molar-refractivity contribution is 5.71. The van der Waals surface area contributed by atoms with Crippen LogP contribution in [0.3, 0.4) is 0 Å². The first-order chi connectivity index (χ1) is 8.49. The first kappa shape index (κ1) is 14.8. The molecule has 0 spiro atoms. The van der Waals surface area contributed by atoms with Crippen LogP contribution in [0.4, 0.5) is 4.79 Å². The van der Waals surface area contributed by atoms with E-state index in [9.17, 15) is 9.59 Å². The Kier molecular flexibility index (Phi) is 5.44. The molecule has 0 aromatic heterocycles. The highest BCUT2D eigenvalue weighted by atomic mass is 16.6. The number of carbonyl (C=O) groups is 2. The normalized spacial score (nSPS) is 21.1. The average Bonchev–Trinajstić information content (AvgIpc) is 2.70. The minimum atomic E-state index is -0.267. The van der Waals surface area contributed by atoms with Crippen LogP contribution in [0.15, 0.2) is 0 Å². The lowest BCUT2D eigenvalue weighted by Gasteiger charge is -2.27. The van der Waals surface area contributed by atoms with Crippen molar-refractivity contribution in [2.75, 3.05) is 20.3 Å². The van der Waals surface area contributed by atoms with Gasteiger partial charge in [0.2, 0.25) is 0 Å². The van der Waals surface area contributed by atoms with Crippen molar-refractivity contribution in [1.82, 2.24) is 4.90 Å². The molecule has 1 saturated heterocycles. The van der Waals surface area contributed by atoms with Gasteiger partial charge in [-0.3, -0.25) is 4.79 Å². The maximum Gasteiger partial charge on any atom is 0.410 e. The number of carbonyl (C=O) groups excluding carboxylic acids is 2. The van der Waals surface area contributed by atoms with Crippen LogP contribution in [-0.2, 0) is 14.3 Å². The number of methoxy groups -OCH3 is 1. The van der Waals surface area contributed by atoms with Crippen LogP contribution >= 0.6 is 0 Å². The SMILES string of the molecule is CC[C@H](CC(=O)OC)CN1C(=O)OC[C@@H]1C(C)C. The van der Waals surface area contributed by atoms with Crippen molar-refractivity contribution in [3.05, 3.63) is 0 Å². The van der Waals surface area contributed by atoms with Gasteiger partial charge in [-0.2, -0.15) is 0 Å². The summed E-state index contributed by atoms with van der Waals surface area (Å²) < 4.78 is 9.76. The van der Waals surface area contributed by atoms with Gasteiger partial charge in [0.15, 0.2) is 0 Å². The smallest absolute Gasteiger partial charge is 0.410 e. The minimum Gasteiger partial charge on any atom is -0.469 e. The molecule has 0 bridgehead atoms. The van der Waals surface area contributed by atoms with Crippen molar-refractivity contribution >= 4 is 12.1 Å². The van der Waals surface area contributed by atoms with Gasteiger partial charge in [0.25, 0.3) is 0 Å². The Labute approximate surface area is 108 Å². The summed E-state index contributed by atoms with van der Waals surface area (Å²) in [5, 5.41) is 0. The highest BCUT2D eigenvalue weighted by Gasteiger charge is 2.36. The molecule has 0 aromatic rings. The first-order valence-corrected chi connectivity index (χ1v) is 6.49. The summed E-state index contributed by atoms with van der Waals surface area (Å²) in [4.78, 5) is 24.7. The largest absolute Gasteiger partial charge is 0.469 e. The molecule has 1 rings (SSSR count). The molecule has 0 saturated carbocycles. The van der Waals surface area contributed by atoms with Gasteiger partial charge < -0.3 is 14.4 Å². The second-order valence-corrected chi connectivity index (χ2v) is 5.10. The quantitative estimate of drug-likeness (QED) is 0.683. The molecule has 0 N–H and O–H groups in total. The van der Waals surface area contributed by atoms with Gasteiger partial charge in [-0.25, -0.2) is 4.79 Å². The maximum atomic E-state index is 11.7. The van der Waals surface area contributed by atoms with E-state index in [4.69, 9.17) is 4.74 Å². The number of cyclic esters (lactones) is 1. The molecule has 1 aliphatic heterocycles. The van der Waals surface area contributed by atoms with E-state index in [2.05, 4.69) is 18.6 Å². The molecule has 1 fully saturated rings. The summed E-state index contributed by atoms with van der Waals surface area (Å²) in [6.45, 7) is 7.17. The first-order valence-electron chi connectivity index (χ1n) is 6.49. The lowest BCUT2D eigenvalue weighted by molar-refractivity contribution is -0.141. The van der Waals surface area contributed by atoms with Gasteiger partial charge in [-0.15, -0.1) is 0 Å². The Balaban J connectivity index is 2.61. The molecule has 0 radical (unpaired) electrons. The molecule has 1 heterocycles. The lowest BCUT2D eigenvalue weighted by atomic mass is 9.99. The molecule has 18 heavy (non-hydrogen) atoms. The molecular weight excluding hydrogens is 234 g/mol. The summed E-state index contributed by atoms with van der Waals surface area (Å²) in [7, 11) is 1.39. The van der Waals surface area contributed by atoms with Crippen molar-refractivity contribution in [1.29, 1.82) is 0 Å². The predicted octanol–water partition coefficient (Wildman–Crippen LogP) is 2.05. The van der Waals surface area contributed by atoms with Crippen molar-refractivity contribution in [2.45, 2.75) is 39.7 Å². The van der Waals surface area contributed by atoms with Crippen molar-refractivity contribution < 1.29 is 19.1 Å². The second-order valence-electron chi connectivity index (χ2n) is 5.10. The summed E-state index contributed by atoms with van der Waals surface area (Å²) in [5.74, 6) is 0.256. The Morgan fingerprint density at radius 1 is 1.56 bits per heavy atom. The maximum absolute atomic E-state index is 11.7. The summed E-state index contributed by atoms with van der Waals surface area (Å²) >= 11 is 0. The number of ether oxygens (including phenoxy) is 2. The summed E-state index contributed by atoms with van der Waals surface area (Å²) in [5.41, 5.74) is 0. The minimum absolute atomic E-state index is 0.115. The topological polar surface area (TPSA) is 55.8 Å². The van der Waals surface area contributed by atoms with Crippen LogP contribution in [0.2, 0.25) is 0 Å². The highest BCUT2D eigenvalue weighted by Crippen LogP contribution is 2.23. The van der Waals surface area contributed by atoms with E-state index in [0.29, 0.717) is 25.5 Å². The van der Waals surface area contributed by atoms with E-state index < -0.39 is 0 Å². The van der Waals surface area contributed by atoms with E-state index in [1.165, 1.54) is 7.11 Å². The van der Waals surface area contributed by atoms with Gasteiger partial charge in [0.1, 0.15) is 6.61 Å². The molecule has 1 amide bonds. The Morgan fingerprint density at radius 2 is 2.22 bits per heavy atom. The summed E-state index contributed by atoms with van der Waals surface area (Å²) in [6.07, 6.45) is 0.919. The molecule has 1 aliphatic rings. The number of amides is 1. The number of rotatable bonds is 6. The number of nitrogens with zero attached hydrogens (tertiary/aromatic N) is 1. The standard InChI is InChI=1S/C13H23NO4/c1-5-10(6-12(15)17-4)7-14-11(9(2)3)8-18-13(14)16/h9-11H,5-8H2,1-4H3/t10-,11-/m1/s1. The van der Waals surface area contributed by atoms with E-state index in [0.717, 1.165) is 6.42 Å². The van der Waals surface area contributed by atoms with Gasteiger partial charge in [0, 0.05) is 13.0 Å². The van der Waals surface area contributed by atoms with Gasteiger partial charge in [0.05, 0.1) is 13.2 Å². The molecule has 0 aliphatic carbocycles. The Bertz CT molecular complexity index is 303. The average molecular weight is 257 g/mol. The van der Waals surface area contributed by atoms with Crippen LogP contribution in [0.25, 0.3) is 0 Å². The van der Waals surface area contributed by atoms with E-state index >= 15 is 0 Å². The van der Waals surface area contributed by atoms with Crippen LogP contribution in [0.5, 0.6) is 0 Å². The zero-order chi connectivity index (χ0) is 13.7. The number of hydrogen-bond donors (Lipinski definition) is 0. The van der Waals surface area contributed by atoms with Gasteiger partial charge >= 0.3 is 12.1 Å². The third-order valence-electron chi connectivity index (χ3n) is 3.50. The number of hydrogen-bond acceptors (Lipinski definition) is 4. The predicted molar refractivity (Wildman–Crippen MR) is 67.1 cm³/mol. The molecule has 2 atom stereocenters. The van der Waals surface area contributed by atoms with Crippen LogP contribution in [0, 0.1) is 11.8 Å². The van der Waals surface area contributed by atoms with Gasteiger partial charge in [-0.05, 0) is 11.8 Å². The van der Waals surface area contributed by atoms with Crippen LogP contribution in [0.1, 0.15) is 33.6 Å². The van der Waals surface area contributed by atoms with E-state index in [-0.39, 0.29) is 24.0 Å². The van der Waals surface area contributed by atoms with Crippen LogP contribution in [-0.4, -0.2) is 43.3 Å². The van der Waals surface area contributed by atoms with E-state index in [1.54, 1.807) is 4.90 Å². The third-order valence-corrected chi connectivity index (χ3v) is 3.50. The fraction of sp³-hybridized carbons (Fsp3) is 0.846.